The molecule has 1 saturated heterocycles. The molecule has 1 aliphatic rings. The number of aryl methyl sites for hydroxylation is 1. The number of hydrogen-bond acceptors (Lipinski definition) is 3. The van der Waals surface area contributed by atoms with Crippen LogP contribution in [0.2, 0.25) is 0 Å². The third-order valence-corrected chi connectivity index (χ3v) is 6.34. The molecule has 0 bridgehead atoms. The molecule has 2 aromatic heterocycles. The first-order chi connectivity index (χ1) is 17.1. The van der Waals surface area contributed by atoms with Gasteiger partial charge in [0, 0.05) is 46.0 Å². The van der Waals surface area contributed by atoms with Crippen molar-refractivity contribution in [1.29, 1.82) is 0 Å². The molecule has 0 spiro atoms. The summed E-state index contributed by atoms with van der Waals surface area (Å²) >= 11 is 0. The minimum absolute atomic E-state index is 0.0678. The van der Waals surface area contributed by atoms with Crippen molar-refractivity contribution in [1.82, 2.24) is 24.1 Å². The first kappa shape index (κ1) is 22.8. The lowest BCUT2D eigenvalue weighted by atomic mass is 10.2. The van der Waals surface area contributed by atoms with Crippen LogP contribution in [-0.2, 0) is 7.05 Å². The van der Waals surface area contributed by atoms with Crippen molar-refractivity contribution in [2.24, 2.45) is 7.05 Å². The van der Waals surface area contributed by atoms with E-state index in [1.54, 1.807) is 16.8 Å². The van der Waals surface area contributed by atoms with Crippen LogP contribution in [0.3, 0.4) is 0 Å². The second-order valence-corrected chi connectivity index (χ2v) is 8.71. The number of nitrogens with zero attached hydrogens (tertiary/aromatic N) is 5. The number of aromatic nitrogens is 3. The lowest BCUT2D eigenvalue weighted by Gasteiger charge is -2.34. The van der Waals surface area contributed by atoms with E-state index in [-0.39, 0.29) is 11.7 Å². The van der Waals surface area contributed by atoms with Gasteiger partial charge in [0.25, 0.3) is 5.91 Å². The van der Waals surface area contributed by atoms with E-state index in [1.165, 1.54) is 17.7 Å². The van der Waals surface area contributed by atoms with E-state index in [2.05, 4.69) is 29.2 Å². The Morgan fingerprint density at radius 1 is 0.971 bits per heavy atom. The van der Waals surface area contributed by atoms with Crippen molar-refractivity contribution in [2.75, 3.05) is 32.7 Å². The van der Waals surface area contributed by atoms with E-state index in [1.807, 2.05) is 59.1 Å². The molecule has 178 valence electrons. The molecule has 0 unspecified atom stereocenters. The SMILES string of the molecule is Cn1cccc1-c1cc(C(=O)N2CCN(CC=Cc3ccccc3)CC2)n(-c2ccc(F)cc2)n1. The molecule has 0 saturated carbocycles. The lowest BCUT2D eigenvalue weighted by molar-refractivity contribution is 0.0641. The molecule has 0 N–H and O–H groups in total. The lowest BCUT2D eigenvalue weighted by Crippen LogP contribution is -2.49. The van der Waals surface area contributed by atoms with Crippen LogP contribution in [0, 0.1) is 5.82 Å². The van der Waals surface area contributed by atoms with E-state index in [0.29, 0.717) is 30.2 Å². The van der Waals surface area contributed by atoms with Crippen LogP contribution in [0.1, 0.15) is 16.1 Å². The van der Waals surface area contributed by atoms with Crippen LogP contribution in [0.5, 0.6) is 0 Å². The molecule has 7 heteroatoms. The first-order valence-corrected chi connectivity index (χ1v) is 11.8. The molecular formula is C28H28FN5O. The number of halogens is 1. The van der Waals surface area contributed by atoms with Gasteiger partial charge in [-0.3, -0.25) is 9.69 Å². The van der Waals surface area contributed by atoms with E-state index >= 15 is 0 Å². The maximum Gasteiger partial charge on any atom is 0.272 e. The molecular weight excluding hydrogens is 441 g/mol. The van der Waals surface area contributed by atoms with Gasteiger partial charge < -0.3 is 9.47 Å². The Morgan fingerprint density at radius 2 is 1.71 bits per heavy atom. The van der Waals surface area contributed by atoms with Gasteiger partial charge in [0.2, 0.25) is 0 Å². The number of piperazine rings is 1. The Morgan fingerprint density at radius 3 is 2.40 bits per heavy atom. The van der Waals surface area contributed by atoms with Crippen LogP contribution >= 0.6 is 0 Å². The molecule has 0 aliphatic carbocycles. The summed E-state index contributed by atoms with van der Waals surface area (Å²) in [6.45, 7) is 3.75. The molecule has 1 fully saturated rings. The summed E-state index contributed by atoms with van der Waals surface area (Å²) in [6, 6.07) is 22.0. The highest BCUT2D eigenvalue weighted by Crippen LogP contribution is 2.23. The average molecular weight is 470 g/mol. The van der Waals surface area contributed by atoms with Crippen LogP contribution in [0.15, 0.2) is 85.1 Å². The van der Waals surface area contributed by atoms with Crippen molar-refractivity contribution in [3.8, 4) is 17.1 Å². The van der Waals surface area contributed by atoms with E-state index in [9.17, 15) is 9.18 Å². The number of hydrogen-bond donors (Lipinski definition) is 0. The zero-order valence-electron chi connectivity index (χ0n) is 19.7. The summed E-state index contributed by atoms with van der Waals surface area (Å²) in [4.78, 5) is 17.8. The summed E-state index contributed by atoms with van der Waals surface area (Å²) in [7, 11) is 1.94. The standard InChI is InChI=1S/C28H28FN5O/c1-31-15-6-10-26(31)25-21-27(34(30-25)24-13-11-23(29)12-14-24)28(35)33-19-17-32(18-20-33)16-5-9-22-7-3-2-4-8-22/h2-15,21H,16-20H2,1H3. The van der Waals surface area contributed by atoms with Crippen LogP contribution in [-0.4, -0.2) is 62.8 Å². The Kier molecular flexibility index (Phi) is 6.59. The van der Waals surface area contributed by atoms with Gasteiger partial charge >= 0.3 is 0 Å². The molecule has 2 aromatic carbocycles. The molecule has 5 rings (SSSR count). The second-order valence-electron chi connectivity index (χ2n) is 8.71. The Labute approximate surface area is 204 Å². The second kappa shape index (κ2) is 10.1. The number of rotatable bonds is 6. The summed E-state index contributed by atoms with van der Waals surface area (Å²) in [5.41, 5.74) is 3.93. The highest BCUT2D eigenvalue weighted by atomic mass is 19.1. The minimum Gasteiger partial charge on any atom is -0.349 e. The van der Waals surface area contributed by atoms with Gasteiger partial charge in [0.15, 0.2) is 0 Å². The number of amides is 1. The number of carbonyl (C=O) groups is 1. The van der Waals surface area contributed by atoms with Gasteiger partial charge in [-0.2, -0.15) is 5.10 Å². The average Bonchev–Trinajstić information content (AvgIpc) is 3.51. The number of carbonyl (C=O) groups excluding carboxylic acids is 1. The largest absolute Gasteiger partial charge is 0.349 e. The normalized spacial score (nSPS) is 14.6. The summed E-state index contributed by atoms with van der Waals surface area (Å²) in [5, 5.41) is 4.72. The maximum atomic E-state index is 13.6. The first-order valence-electron chi connectivity index (χ1n) is 11.8. The predicted octanol–water partition coefficient (Wildman–Crippen LogP) is 4.49. The van der Waals surface area contributed by atoms with Crippen molar-refractivity contribution >= 4 is 12.0 Å². The van der Waals surface area contributed by atoms with Gasteiger partial charge in [0.1, 0.15) is 17.2 Å². The van der Waals surface area contributed by atoms with Gasteiger partial charge in [-0.15, -0.1) is 0 Å². The molecule has 1 aliphatic heterocycles. The zero-order chi connectivity index (χ0) is 24.2. The quantitative estimate of drug-likeness (QED) is 0.418. The van der Waals surface area contributed by atoms with Gasteiger partial charge in [0.05, 0.1) is 11.4 Å². The molecule has 35 heavy (non-hydrogen) atoms. The fraction of sp³-hybridized carbons (Fsp3) is 0.214. The van der Waals surface area contributed by atoms with Gasteiger partial charge in [-0.1, -0.05) is 42.5 Å². The molecule has 1 amide bonds. The maximum absolute atomic E-state index is 13.6. The topological polar surface area (TPSA) is 46.3 Å². The third-order valence-electron chi connectivity index (χ3n) is 6.34. The van der Waals surface area contributed by atoms with E-state index < -0.39 is 0 Å². The Bertz CT molecular complexity index is 1320. The van der Waals surface area contributed by atoms with Crippen molar-refractivity contribution in [2.45, 2.75) is 0 Å². The van der Waals surface area contributed by atoms with E-state index in [0.717, 1.165) is 25.3 Å². The highest BCUT2D eigenvalue weighted by molar-refractivity contribution is 5.94. The van der Waals surface area contributed by atoms with E-state index in [4.69, 9.17) is 5.10 Å². The number of benzene rings is 2. The van der Waals surface area contributed by atoms with Gasteiger partial charge in [-0.05, 0) is 48.0 Å². The molecule has 4 aromatic rings. The van der Waals surface area contributed by atoms with Crippen molar-refractivity contribution in [3.05, 3.63) is 102 Å². The zero-order valence-corrected chi connectivity index (χ0v) is 19.7. The van der Waals surface area contributed by atoms with Crippen LogP contribution in [0.4, 0.5) is 4.39 Å². The highest BCUT2D eigenvalue weighted by Gasteiger charge is 2.26. The van der Waals surface area contributed by atoms with Crippen molar-refractivity contribution < 1.29 is 9.18 Å². The predicted molar refractivity (Wildman–Crippen MR) is 136 cm³/mol. The van der Waals surface area contributed by atoms with Crippen LogP contribution in [0.25, 0.3) is 23.2 Å². The fourth-order valence-corrected chi connectivity index (χ4v) is 4.36. The van der Waals surface area contributed by atoms with Crippen molar-refractivity contribution in [3.63, 3.8) is 0 Å². The summed E-state index contributed by atoms with van der Waals surface area (Å²) in [6.07, 6.45) is 6.24. The molecule has 0 radical (unpaired) electrons. The summed E-state index contributed by atoms with van der Waals surface area (Å²) in [5.74, 6) is -0.393. The Hall–Kier alpha value is -3.97. The molecule has 6 nitrogen and oxygen atoms in total. The van der Waals surface area contributed by atoms with Crippen LogP contribution < -0.4 is 0 Å². The Balaban J connectivity index is 1.31. The molecule has 0 atom stereocenters. The third kappa shape index (κ3) is 5.10. The minimum atomic E-state index is -0.325. The fourth-order valence-electron chi connectivity index (χ4n) is 4.36. The summed E-state index contributed by atoms with van der Waals surface area (Å²) < 4.78 is 17.1. The van der Waals surface area contributed by atoms with Gasteiger partial charge in [-0.25, -0.2) is 9.07 Å². The monoisotopic (exact) mass is 469 g/mol. The molecule has 3 heterocycles. The smallest absolute Gasteiger partial charge is 0.272 e.